The summed E-state index contributed by atoms with van der Waals surface area (Å²) in [6.07, 6.45) is 0.195. The second-order valence-electron chi connectivity index (χ2n) is 5.02. The number of ether oxygens (including phenoxy) is 2. The minimum Gasteiger partial charge on any atom is -0.351 e. The van der Waals surface area contributed by atoms with Crippen LogP contribution in [0.4, 0.5) is 13.2 Å². The molecule has 0 spiro atoms. The van der Waals surface area contributed by atoms with Gasteiger partial charge >= 0.3 is 4.87 Å². The second kappa shape index (κ2) is 5.72. The SMILES string of the molecule is O=c1sc(CF)cn1-c1noc2c(F)c(F)c(C3OCCO3)cc12. The summed E-state index contributed by atoms with van der Waals surface area (Å²) in [5, 5.41) is 3.69. The Labute approximate surface area is 136 Å². The number of thiazole rings is 1. The van der Waals surface area contributed by atoms with Gasteiger partial charge in [-0.05, 0) is 6.07 Å². The predicted octanol–water partition coefficient (Wildman–Crippen LogP) is 2.83. The molecule has 3 aromatic rings. The summed E-state index contributed by atoms with van der Waals surface area (Å²) in [6, 6.07) is 1.26. The highest BCUT2D eigenvalue weighted by atomic mass is 32.1. The largest absolute Gasteiger partial charge is 0.351 e. The van der Waals surface area contributed by atoms with E-state index < -0.39 is 35.1 Å². The van der Waals surface area contributed by atoms with Crippen LogP contribution < -0.4 is 4.87 Å². The van der Waals surface area contributed by atoms with Crippen LogP contribution in [0.25, 0.3) is 16.8 Å². The molecule has 0 atom stereocenters. The van der Waals surface area contributed by atoms with E-state index in [0.29, 0.717) is 11.3 Å². The number of fused-ring (bicyclic) bond motifs is 1. The third-order valence-corrected chi connectivity index (χ3v) is 4.43. The molecule has 2 aromatic heterocycles. The highest BCUT2D eigenvalue weighted by molar-refractivity contribution is 7.09. The maximum absolute atomic E-state index is 14.2. The average molecular weight is 358 g/mol. The number of halogens is 3. The molecule has 126 valence electrons. The Morgan fingerprint density at radius 2 is 2.04 bits per heavy atom. The number of nitrogens with zero attached hydrogens (tertiary/aromatic N) is 2. The van der Waals surface area contributed by atoms with Crippen molar-refractivity contribution in [1.82, 2.24) is 9.72 Å². The lowest BCUT2D eigenvalue weighted by molar-refractivity contribution is -0.0467. The van der Waals surface area contributed by atoms with E-state index in [-0.39, 0.29) is 34.9 Å². The lowest BCUT2D eigenvalue weighted by Gasteiger charge is -2.11. The van der Waals surface area contributed by atoms with Crippen LogP contribution in [0.15, 0.2) is 21.6 Å². The molecular formula is C14H9F3N2O4S. The summed E-state index contributed by atoms with van der Waals surface area (Å²) in [6.45, 7) is -0.311. The molecule has 6 nitrogen and oxygen atoms in total. The smallest absolute Gasteiger partial charge is 0.313 e. The average Bonchev–Trinajstić information content (AvgIpc) is 3.29. The van der Waals surface area contributed by atoms with E-state index in [4.69, 9.17) is 14.0 Å². The lowest BCUT2D eigenvalue weighted by atomic mass is 10.1. The van der Waals surface area contributed by atoms with E-state index in [0.717, 1.165) is 4.57 Å². The molecule has 1 saturated heterocycles. The van der Waals surface area contributed by atoms with Crippen molar-refractivity contribution in [1.29, 1.82) is 0 Å². The zero-order valence-corrected chi connectivity index (χ0v) is 12.7. The second-order valence-corrected chi connectivity index (χ2v) is 6.09. The number of hydrogen-bond acceptors (Lipinski definition) is 6. The van der Waals surface area contributed by atoms with Crippen LogP contribution in [0.2, 0.25) is 0 Å². The van der Waals surface area contributed by atoms with Gasteiger partial charge in [0.15, 0.2) is 17.9 Å². The molecule has 4 rings (SSSR count). The molecular weight excluding hydrogens is 349 g/mol. The molecule has 10 heteroatoms. The summed E-state index contributed by atoms with van der Waals surface area (Å²) in [4.78, 5) is 11.6. The van der Waals surface area contributed by atoms with Crippen LogP contribution in [0.3, 0.4) is 0 Å². The van der Waals surface area contributed by atoms with E-state index in [1.54, 1.807) is 0 Å². The number of aromatic nitrogens is 2. The molecule has 0 N–H and O–H groups in total. The Balaban J connectivity index is 1.94. The molecule has 1 fully saturated rings. The zero-order valence-electron chi connectivity index (χ0n) is 11.9. The van der Waals surface area contributed by atoms with Crippen molar-refractivity contribution in [3.05, 3.63) is 44.0 Å². The van der Waals surface area contributed by atoms with E-state index >= 15 is 0 Å². The summed E-state index contributed by atoms with van der Waals surface area (Å²) >= 11 is 0.692. The highest BCUT2D eigenvalue weighted by Crippen LogP contribution is 2.34. The van der Waals surface area contributed by atoms with E-state index in [2.05, 4.69) is 5.16 Å². The highest BCUT2D eigenvalue weighted by Gasteiger charge is 2.28. The Morgan fingerprint density at radius 1 is 1.29 bits per heavy atom. The van der Waals surface area contributed by atoms with Crippen LogP contribution in [0, 0.1) is 11.6 Å². The summed E-state index contributed by atoms with van der Waals surface area (Å²) in [5.41, 5.74) is -0.597. The first kappa shape index (κ1) is 15.4. The third kappa shape index (κ3) is 2.26. The van der Waals surface area contributed by atoms with Gasteiger partial charge in [-0.25, -0.2) is 8.78 Å². The van der Waals surface area contributed by atoms with Crippen molar-refractivity contribution in [3.63, 3.8) is 0 Å². The van der Waals surface area contributed by atoms with Crippen molar-refractivity contribution < 1.29 is 27.2 Å². The molecule has 1 aliphatic rings. The van der Waals surface area contributed by atoms with Gasteiger partial charge in [0.05, 0.1) is 23.5 Å². The molecule has 0 unspecified atom stereocenters. The van der Waals surface area contributed by atoms with Crippen LogP contribution in [0.1, 0.15) is 16.7 Å². The molecule has 0 bridgehead atoms. The number of rotatable bonds is 3. The molecule has 0 aliphatic carbocycles. The van der Waals surface area contributed by atoms with Crippen molar-refractivity contribution in [2.24, 2.45) is 0 Å². The maximum atomic E-state index is 14.2. The predicted molar refractivity (Wildman–Crippen MR) is 76.9 cm³/mol. The van der Waals surface area contributed by atoms with Crippen LogP contribution in [-0.4, -0.2) is 22.9 Å². The van der Waals surface area contributed by atoms with Crippen LogP contribution in [-0.2, 0) is 16.1 Å². The fourth-order valence-electron chi connectivity index (χ4n) is 2.50. The molecule has 24 heavy (non-hydrogen) atoms. The first-order valence-electron chi connectivity index (χ1n) is 6.88. The summed E-state index contributed by atoms with van der Waals surface area (Å²) in [7, 11) is 0. The van der Waals surface area contributed by atoms with Crippen molar-refractivity contribution in [2.45, 2.75) is 13.0 Å². The Hall–Kier alpha value is -2.17. The summed E-state index contributed by atoms with van der Waals surface area (Å²) in [5.74, 6) is -2.47. The van der Waals surface area contributed by atoms with Crippen molar-refractivity contribution in [2.75, 3.05) is 13.2 Å². The van der Waals surface area contributed by atoms with E-state index in [1.807, 2.05) is 0 Å². The van der Waals surface area contributed by atoms with Crippen LogP contribution >= 0.6 is 11.3 Å². The van der Waals surface area contributed by atoms with Gasteiger partial charge in [0, 0.05) is 11.8 Å². The fraction of sp³-hybridized carbons (Fsp3) is 0.286. The van der Waals surface area contributed by atoms with E-state index in [1.165, 1.54) is 12.3 Å². The van der Waals surface area contributed by atoms with Gasteiger partial charge in [0.1, 0.15) is 6.67 Å². The van der Waals surface area contributed by atoms with Crippen molar-refractivity contribution >= 4 is 22.3 Å². The van der Waals surface area contributed by atoms with Gasteiger partial charge < -0.3 is 14.0 Å². The van der Waals surface area contributed by atoms with Gasteiger partial charge in [0.2, 0.25) is 11.4 Å². The minimum absolute atomic E-state index is 0.0518. The van der Waals surface area contributed by atoms with Gasteiger partial charge in [-0.2, -0.15) is 4.39 Å². The normalized spacial score (nSPS) is 15.6. The Morgan fingerprint density at radius 3 is 2.71 bits per heavy atom. The van der Waals surface area contributed by atoms with Crippen LogP contribution in [0.5, 0.6) is 0 Å². The topological polar surface area (TPSA) is 66.5 Å². The van der Waals surface area contributed by atoms with Crippen molar-refractivity contribution in [3.8, 4) is 5.82 Å². The fourth-order valence-corrected chi connectivity index (χ4v) is 3.17. The Bertz CT molecular complexity index is 974. The van der Waals surface area contributed by atoms with Gasteiger partial charge in [-0.15, -0.1) is 0 Å². The molecule has 0 amide bonds. The number of hydrogen-bond donors (Lipinski definition) is 0. The first-order chi connectivity index (χ1) is 11.6. The molecule has 0 saturated carbocycles. The summed E-state index contributed by atoms with van der Waals surface area (Å²) < 4.78 is 57.4. The quantitative estimate of drug-likeness (QED) is 0.720. The third-order valence-electron chi connectivity index (χ3n) is 3.58. The van der Waals surface area contributed by atoms with Gasteiger partial charge in [-0.3, -0.25) is 9.36 Å². The lowest BCUT2D eigenvalue weighted by Crippen LogP contribution is -2.10. The number of benzene rings is 1. The molecule has 0 radical (unpaired) electrons. The standard InChI is InChI=1S/C14H9F3N2O4S/c15-4-6-5-19(14(20)24-6)12-8-3-7(13-21-1-2-22-13)9(16)10(17)11(8)23-18-12/h3,5,13H,1-2,4H2. The Kier molecular flexibility index (Phi) is 3.66. The first-order valence-corrected chi connectivity index (χ1v) is 7.70. The van der Waals surface area contributed by atoms with E-state index in [9.17, 15) is 18.0 Å². The molecule has 1 aliphatic heterocycles. The molecule has 3 heterocycles. The number of alkyl halides is 1. The monoisotopic (exact) mass is 358 g/mol. The maximum Gasteiger partial charge on any atom is 0.313 e. The van der Waals surface area contributed by atoms with Gasteiger partial charge in [0.25, 0.3) is 0 Å². The van der Waals surface area contributed by atoms with Gasteiger partial charge in [-0.1, -0.05) is 16.5 Å². The zero-order chi connectivity index (χ0) is 16.8. The minimum atomic E-state index is -1.26. The molecule has 1 aromatic carbocycles.